The number of thiazole rings is 1. The molecule has 0 radical (unpaired) electrons. The smallest absolute Gasteiger partial charge is 0.142 e. The molecule has 78 valence electrons. The normalized spacial score (nSPS) is 10.6. The van der Waals surface area contributed by atoms with E-state index in [4.69, 9.17) is 28.9 Å². The molecule has 1 aromatic heterocycles. The predicted molar refractivity (Wildman–Crippen MR) is 66.7 cm³/mol. The second kappa shape index (κ2) is 4.00. The van der Waals surface area contributed by atoms with Crippen molar-refractivity contribution in [3.8, 4) is 10.4 Å². The van der Waals surface area contributed by atoms with Crippen molar-refractivity contribution in [2.24, 2.45) is 0 Å². The Morgan fingerprint density at radius 1 is 1.27 bits per heavy atom. The van der Waals surface area contributed by atoms with E-state index in [0.29, 0.717) is 15.9 Å². The zero-order valence-corrected chi connectivity index (χ0v) is 10.2. The van der Waals surface area contributed by atoms with Crippen molar-refractivity contribution in [2.45, 2.75) is 6.92 Å². The summed E-state index contributed by atoms with van der Waals surface area (Å²) in [7, 11) is 0. The SMILES string of the molecule is Cc1nc(N)c(-c2ccc(Cl)c(Cl)c2)s1. The van der Waals surface area contributed by atoms with Crippen LogP contribution in [0.2, 0.25) is 10.0 Å². The van der Waals surface area contributed by atoms with Gasteiger partial charge in [0.15, 0.2) is 0 Å². The van der Waals surface area contributed by atoms with Gasteiger partial charge in [-0.2, -0.15) is 0 Å². The Labute approximate surface area is 102 Å². The highest BCUT2D eigenvalue weighted by Crippen LogP contribution is 2.35. The molecule has 0 atom stereocenters. The summed E-state index contributed by atoms with van der Waals surface area (Å²) in [6.07, 6.45) is 0. The van der Waals surface area contributed by atoms with Crippen LogP contribution in [0.15, 0.2) is 18.2 Å². The first-order valence-corrected chi connectivity index (χ1v) is 5.83. The van der Waals surface area contributed by atoms with Crippen molar-refractivity contribution in [1.82, 2.24) is 4.98 Å². The number of nitrogens with zero attached hydrogens (tertiary/aromatic N) is 1. The van der Waals surface area contributed by atoms with Crippen LogP contribution in [0.25, 0.3) is 10.4 Å². The number of aryl methyl sites for hydroxylation is 1. The van der Waals surface area contributed by atoms with Gasteiger partial charge in [-0.15, -0.1) is 11.3 Å². The van der Waals surface area contributed by atoms with E-state index in [9.17, 15) is 0 Å². The number of benzene rings is 1. The minimum absolute atomic E-state index is 0.527. The molecule has 0 aliphatic heterocycles. The van der Waals surface area contributed by atoms with Crippen LogP contribution in [0.4, 0.5) is 5.82 Å². The molecule has 0 saturated heterocycles. The second-order valence-corrected chi connectivity index (χ2v) is 5.09. The monoisotopic (exact) mass is 258 g/mol. The van der Waals surface area contributed by atoms with Crippen molar-refractivity contribution >= 4 is 40.4 Å². The lowest BCUT2D eigenvalue weighted by Crippen LogP contribution is -1.87. The molecule has 0 unspecified atom stereocenters. The standard InChI is InChI=1S/C10H8Cl2N2S/c1-5-14-10(13)9(15-5)6-2-3-7(11)8(12)4-6/h2-4H,13H2,1H3. The molecule has 2 N–H and O–H groups in total. The molecule has 0 aliphatic carbocycles. The Hall–Kier alpha value is -0.770. The van der Waals surface area contributed by atoms with Gasteiger partial charge in [-0.25, -0.2) is 4.98 Å². The lowest BCUT2D eigenvalue weighted by atomic mass is 10.2. The summed E-state index contributed by atoms with van der Waals surface area (Å²) in [5.74, 6) is 0.538. The number of nitrogens with two attached hydrogens (primary N) is 1. The van der Waals surface area contributed by atoms with Crippen LogP contribution < -0.4 is 5.73 Å². The Kier molecular flexibility index (Phi) is 2.87. The minimum Gasteiger partial charge on any atom is -0.382 e. The molecule has 15 heavy (non-hydrogen) atoms. The van der Waals surface area contributed by atoms with Crippen LogP contribution in [0, 0.1) is 6.92 Å². The molecule has 1 aromatic carbocycles. The summed E-state index contributed by atoms with van der Waals surface area (Å²) < 4.78 is 0. The summed E-state index contributed by atoms with van der Waals surface area (Å²) in [5.41, 5.74) is 6.74. The van der Waals surface area contributed by atoms with Crippen LogP contribution in [0.5, 0.6) is 0 Å². The maximum Gasteiger partial charge on any atom is 0.142 e. The average molecular weight is 259 g/mol. The van der Waals surface area contributed by atoms with Crippen LogP contribution >= 0.6 is 34.5 Å². The third-order valence-electron chi connectivity index (χ3n) is 1.94. The lowest BCUT2D eigenvalue weighted by Gasteiger charge is -2.00. The van der Waals surface area contributed by atoms with Crippen molar-refractivity contribution in [3.63, 3.8) is 0 Å². The van der Waals surface area contributed by atoms with Gasteiger partial charge >= 0.3 is 0 Å². The number of hydrogen-bond acceptors (Lipinski definition) is 3. The lowest BCUT2D eigenvalue weighted by molar-refractivity contribution is 1.31. The van der Waals surface area contributed by atoms with Crippen LogP contribution in [-0.4, -0.2) is 4.98 Å². The molecule has 0 bridgehead atoms. The Morgan fingerprint density at radius 3 is 2.53 bits per heavy atom. The van der Waals surface area contributed by atoms with Crippen LogP contribution in [0.3, 0.4) is 0 Å². The molecule has 2 rings (SSSR count). The first-order chi connectivity index (χ1) is 7.08. The van der Waals surface area contributed by atoms with Gasteiger partial charge in [0.1, 0.15) is 5.82 Å². The molecule has 2 aromatic rings. The highest BCUT2D eigenvalue weighted by atomic mass is 35.5. The van der Waals surface area contributed by atoms with Crippen molar-refractivity contribution in [2.75, 3.05) is 5.73 Å². The van der Waals surface area contributed by atoms with Crippen LogP contribution in [0.1, 0.15) is 5.01 Å². The fourth-order valence-corrected chi connectivity index (χ4v) is 2.42. The summed E-state index contributed by atoms with van der Waals surface area (Å²) in [5, 5.41) is 2.01. The Bertz CT molecular complexity index is 508. The molecule has 0 fully saturated rings. The fraction of sp³-hybridized carbons (Fsp3) is 0.100. The number of aromatic nitrogens is 1. The van der Waals surface area contributed by atoms with E-state index >= 15 is 0 Å². The van der Waals surface area contributed by atoms with E-state index in [1.54, 1.807) is 23.5 Å². The number of nitrogen functional groups attached to an aromatic ring is 1. The number of hydrogen-bond donors (Lipinski definition) is 1. The molecule has 1 heterocycles. The van der Waals surface area contributed by atoms with Gasteiger partial charge in [0.05, 0.1) is 19.9 Å². The van der Waals surface area contributed by atoms with E-state index in [1.165, 1.54) is 0 Å². The van der Waals surface area contributed by atoms with E-state index in [0.717, 1.165) is 15.4 Å². The fourth-order valence-electron chi connectivity index (χ4n) is 1.29. The van der Waals surface area contributed by atoms with Gasteiger partial charge in [-0.3, -0.25) is 0 Å². The molecule has 5 heteroatoms. The summed E-state index contributed by atoms with van der Waals surface area (Å²) in [4.78, 5) is 5.10. The predicted octanol–water partition coefficient (Wildman–Crippen LogP) is 4.01. The molecular formula is C10H8Cl2N2S. The molecule has 0 saturated carbocycles. The third-order valence-corrected chi connectivity index (χ3v) is 3.72. The van der Waals surface area contributed by atoms with Crippen molar-refractivity contribution in [3.05, 3.63) is 33.3 Å². The summed E-state index contributed by atoms with van der Waals surface area (Å²) >= 11 is 13.3. The topological polar surface area (TPSA) is 38.9 Å². The van der Waals surface area contributed by atoms with E-state index in [2.05, 4.69) is 4.98 Å². The van der Waals surface area contributed by atoms with E-state index < -0.39 is 0 Å². The van der Waals surface area contributed by atoms with E-state index in [1.807, 2.05) is 13.0 Å². The first kappa shape index (κ1) is 10.7. The van der Waals surface area contributed by atoms with Gasteiger partial charge in [0.25, 0.3) is 0 Å². The number of halogens is 2. The molecule has 2 nitrogen and oxygen atoms in total. The summed E-state index contributed by atoms with van der Waals surface area (Å²) in [6.45, 7) is 1.92. The Balaban J connectivity index is 2.54. The number of anilines is 1. The van der Waals surface area contributed by atoms with Gasteiger partial charge in [0, 0.05) is 0 Å². The highest BCUT2D eigenvalue weighted by molar-refractivity contribution is 7.15. The maximum atomic E-state index is 5.93. The maximum absolute atomic E-state index is 5.93. The van der Waals surface area contributed by atoms with Gasteiger partial charge in [-0.05, 0) is 24.6 Å². The highest BCUT2D eigenvalue weighted by Gasteiger charge is 2.09. The third kappa shape index (κ3) is 2.09. The largest absolute Gasteiger partial charge is 0.382 e. The minimum atomic E-state index is 0.527. The zero-order valence-electron chi connectivity index (χ0n) is 7.92. The average Bonchev–Trinajstić information content (AvgIpc) is 2.50. The van der Waals surface area contributed by atoms with Crippen molar-refractivity contribution in [1.29, 1.82) is 0 Å². The van der Waals surface area contributed by atoms with Gasteiger partial charge in [-0.1, -0.05) is 29.3 Å². The van der Waals surface area contributed by atoms with Gasteiger partial charge in [0.2, 0.25) is 0 Å². The second-order valence-electron chi connectivity index (χ2n) is 3.08. The number of rotatable bonds is 1. The van der Waals surface area contributed by atoms with Crippen molar-refractivity contribution < 1.29 is 0 Å². The molecule has 0 aliphatic rings. The zero-order chi connectivity index (χ0) is 11.0. The molecule has 0 spiro atoms. The first-order valence-electron chi connectivity index (χ1n) is 4.26. The summed E-state index contributed by atoms with van der Waals surface area (Å²) in [6, 6.07) is 5.44. The molecular weight excluding hydrogens is 251 g/mol. The molecule has 0 amide bonds. The Morgan fingerprint density at radius 2 is 2.00 bits per heavy atom. The van der Waals surface area contributed by atoms with Gasteiger partial charge < -0.3 is 5.73 Å². The van der Waals surface area contributed by atoms with E-state index in [-0.39, 0.29) is 0 Å². The quantitative estimate of drug-likeness (QED) is 0.840. The van der Waals surface area contributed by atoms with Crippen LogP contribution in [-0.2, 0) is 0 Å².